The van der Waals surface area contributed by atoms with E-state index in [4.69, 9.17) is 4.74 Å². The third-order valence-electron chi connectivity index (χ3n) is 3.60. The number of aromatic nitrogens is 1. The molecule has 5 heteroatoms. The Morgan fingerprint density at radius 1 is 1.33 bits per heavy atom. The lowest BCUT2D eigenvalue weighted by atomic mass is 10.1. The van der Waals surface area contributed by atoms with Gasteiger partial charge in [-0.1, -0.05) is 30.3 Å². The predicted molar refractivity (Wildman–Crippen MR) is 78.3 cm³/mol. The molecule has 2 aromatic rings. The van der Waals surface area contributed by atoms with Crippen LogP contribution in [0.3, 0.4) is 0 Å². The monoisotopic (exact) mass is 284 g/mol. The van der Waals surface area contributed by atoms with Crippen LogP contribution in [0.15, 0.2) is 48.8 Å². The van der Waals surface area contributed by atoms with Crippen molar-refractivity contribution in [2.75, 3.05) is 11.5 Å². The third kappa shape index (κ3) is 2.87. The Hall–Kier alpha value is -2.40. The highest BCUT2D eigenvalue weighted by atomic mass is 16.5. The van der Waals surface area contributed by atoms with Crippen molar-refractivity contribution in [3.05, 3.63) is 59.9 Å². The fourth-order valence-electron chi connectivity index (χ4n) is 2.63. The molecule has 1 amide bonds. The fourth-order valence-corrected chi connectivity index (χ4v) is 2.63. The van der Waals surface area contributed by atoms with E-state index in [2.05, 4.69) is 4.98 Å². The van der Waals surface area contributed by atoms with Crippen LogP contribution in [-0.4, -0.2) is 28.8 Å². The van der Waals surface area contributed by atoms with Gasteiger partial charge in [0.15, 0.2) is 0 Å². The van der Waals surface area contributed by atoms with Gasteiger partial charge in [-0.25, -0.2) is 4.79 Å². The Morgan fingerprint density at radius 2 is 2.14 bits per heavy atom. The van der Waals surface area contributed by atoms with Crippen molar-refractivity contribution in [2.24, 2.45) is 0 Å². The number of carbonyl (C=O) groups is 1. The molecule has 0 saturated heterocycles. The molecule has 0 aliphatic carbocycles. The minimum absolute atomic E-state index is 0.189. The van der Waals surface area contributed by atoms with Crippen LogP contribution in [0.25, 0.3) is 0 Å². The lowest BCUT2D eigenvalue weighted by Crippen LogP contribution is -2.39. The molecule has 5 nitrogen and oxygen atoms in total. The number of nitrogens with zero attached hydrogens (tertiary/aromatic N) is 2. The molecule has 1 N–H and O–H groups in total. The van der Waals surface area contributed by atoms with Crippen molar-refractivity contribution < 1.29 is 14.6 Å². The summed E-state index contributed by atoms with van der Waals surface area (Å²) in [5, 5.41) is 9.39. The summed E-state index contributed by atoms with van der Waals surface area (Å²) >= 11 is 0. The number of anilines is 1. The lowest BCUT2D eigenvalue weighted by molar-refractivity contribution is 0.106. The number of rotatable bonds is 4. The quantitative estimate of drug-likeness (QED) is 0.937. The molecule has 1 aliphatic rings. The van der Waals surface area contributed by atoms with Crippen LogP contribution in [0, 0.1) is 0 Å². The van der Waals surface area contributed by atoms with E-state index in [-0.39, 0.29) is 6.04 Å². The average Bonchev–Trinajstić information content (AvgIpc) is 2.86. The molecule has 1 unspecified atom stereocenters. The van der Waals surface area contributed by atoms with Crippen LogP contribution in [0.2, 0.25) is 0 Å². The first-order valence-electron chi connectivity index (χ1n) is 6.82. The Bertz CT molecular complexity index is 630. The van der Waals surface area contributed by atoms with Crippen molar-refractivity contribution in [3.63, 3.8) is 0 Å². The summed E-state index contributed by atoms with van der Waals surface area (Å²) in [6.07, 6.45) is 2.99. The van der Waals surface area contributed by atoms with Crippen LogP contribution < -0.4 is 4.90 Å². The molecular weight excluding hydrogens is 268 g/mol. The van der Waals surface area contributed by atoms with Crippen LogP contribution in [-0.2, 0) is 17.8 Å². The van der Waals surface area contributed by atoms with E-state index in [1.165, 1.54) is 4.90 Å². The van der Waals surface area contributed by atoms with E-state index in [0.717, 1.165) is 11.1 Å². The van der Waals surface area contributed by atoms with Gasteiger partial charge in [-0.05, 0) is 23.6 Å². The molecule has 1 aromatic heterocycles. The normalized spacial score (nSPS) is 16.8. The fraction of sp³-hybridized carbons (Fsp3) is 0.250. The van der Waals surface area contributed by atoms with Gasteiger partial charge >= 0.3 is 6.09 Å². The maximum Gasteiger partial charge on any atom is 0.412 e. The summed E-state index contributed by atoms with van der Waals surface area (Å²) in [5.74, 6) is 0. The first-order chi connectivity index (χ1) is 10.3. The van der Waals surface area contributed by atoms with Crippen LogP contribution in [0.4, 0.5) is 10.5 Å². The Balaban J connectivity index is 1.65. The van der Waals surface area contributed by atoms with Gasteiger partial charge in [-0.3, -0.25) is 9.88 Å². The second kappa shape index (κ2) is 5.93. The molecule has 1 atom stereocenters. The van der Waals surface area contributed by atoms with E-state index in [0.29, 0.717) is 25.3 Å². The zero-order chi connectivity index (χ0) is 14.7. The topological polar surface area (TPSA) is 62.7 Å². The number of pyridine rings is 1. The molecular formula is C16H16N2O3. The third-order valence-corrected chi connectivity index (χ3v) is 3.60. The summed E-state index contributed by atoms with van der Waals surface area (Å²) in [4.78, 5) is 16.8. The molecule has 21 heavy (non-hydrogen) atoms. The first-order valence-corrected chi connectivity index (χ1v) is 6.82. The molecule has 0 spiro atoms. The van der Waals surface area contributed by atoms with Crippen molar-refractivity contribution in [1.29, 1.82) is 0 Å². The van der Waals surface area contributed by atoms with Crippen molar-refractivity contribution in [1.82, 2.24) is 4.98 Å². The molecule has 108 valence electrons. The summed E-state index contributed by atoms with van der Waals surface area (Å²) in [5.41, 5.74) is 2.75. The van der Waals surface area contributed by atoms with Crippen LogP contribution >= 0.6 is 0 Å². The first kappa shape index (κ1) is 13.6. The SMILES string of the molecule is O=C(O)N1c2cnccc2CC1COCc1ccccc1. The average molecular weight is 284 g/mol. The second-order valence-electron chi connectivity index (χ2n) is 5.02. The van der Waals surface area contributed by atoms with E-state index >= 15 is 0 Å². The molecule has 3 rings (SSSR count). The molecule has 0 bridgehead atoms. The van der Waals surface area contributed by atoms with Crippen molar-refractivity contribution in [2.45, 2.75) is 19.1 Å². The van der Waals surface area contributed by atoms with Crippen molar-refractivity contribution in [3.8, 4) is 0 Å². The number of benzene rings is 1. The zero-order valence-electron chi connectivity index (χ0n) is 11.5. The number of hydrogen-bond donors (Lipinski definition) is 1. The van der Waals surface area contributed by atoms with Crippen molar-refractivity contribution >= 4 is 11.8 Å². The van der Waals surface area contributed by atoms with Gasteiger partial charge in [0.1, 0.15) is 0 Å². The molecule has 0 saturated carbocycles. The number of fused-ring (bicyclic) bond motifs is 1. The van der Waals surface area contributed by atoms with Crippen LogP contribution in [0.1, 0.15) is 11.1 Å². The van der Waals surface area contributed by atoms with Crippen LogP contribution in [0.5, 0.6) is 0 Å². The smallest absolute Gasteiger partial charge is 0.412 e. The zero-order valence-corrected chi connectivity index (χ0v) is 11.5. The minimum atomic E-state index is -0.963. The number of ether oxygens (including phenoxy) is 1. The largest absolute Gasteiger partial charge is 0.465 e. The molecule has 1 aliphatic heterocycles. The Kier molecular flexibility index (Phi) is 3.83. The second-order valence-corrected chi connectivity index (χ2v) is 5.02. The van der Waals surface area contributed by atoms with E-state index in [1.807, 2.05) is 36.4 Å². The molecule has 0 radical (unpaired) electrons. The lowest BCUT2D eigenvalue weighted by Gasteiger charge is -2.22. The number of amides is 1. The Labute approximate surface area is 122 Å². The van der Waals surface area contributed by atoms with E-state index in [9.17, 15) is 9.90 Å². The highest BCUT2D eigenvalue weighted by molar-refractivity contribution is 5.89. The van der Waals surface area contributed by atoms with Gasteiger partial charge in [0.05, 0.1) is 31.1 Å². The van der Waals surface area contributed by atoms with Gasteiger partial charge in [0.25, 0.3) is 0 Å². The van der Waals surface area contributed by atoms with Gasteiger partial charge in [0, 0.05) is 6.20 Å². The number of carboxylic acid groups (broad SMARTS) is 1. The van der Waals surface area contributed by atoms with Gasteiger partial charge in [0.2, 0.25) is 0 Å². The summed E-state index contributed by atoms with van der Waals surface area (Å²) < 4.78 is 5.69. The molecule has 1 aromatic carbocycles. The standard InChI is InChI=1S/C16H16N2O3/c19-16(20)18-14(8-13-6-7-17-9-15(13)18)11-21-10-12-4-2-1-3-5-12/h1-7,9,14H,8,10-11H2,(H,19,20). The maximum absolute atomic E-state index is 11.5. The Morgan fingerprint density at radius 3 is 2.90 bits per heavy atom. The molecule has 0 fully saturated rings. The summed E-state index contributed by atoms with van der Waals surface area (Å²) in [6.45, 7) is 0.856. The summed E-state index contributed by atoms with van der Waals surface area (Å²) in [6, 6.07) is 11.5. The number of hydrogen-bond acceptors (Lipinski definition) is 3. The van der Waals surface area contributed by atoms with Gasteiger partial charge < -0.3 is 9.84 Å². The maximum atomic E-state index is 11.5. The van der Waals surface area contributed by atoms with E-state index < -0.39 is 6.09 Å². The van der Waals surface area contributed by atoms with Gasteiger partial charge in [-0.15, -0.1) is 0 Å². The highest BCUT2D eigenvalue weighted by Crippen LogP contribution is 2.31. The summed E-state index contributed by atoms with van der Waals surface area (Å²) in [7, 11) is 0. The highest BCUT2D eigenvalue weighted by Gasteiger charge is 2.33. The molecule has 2 heterocycles. The van der Waals surface area contributed by atoms with Gasteiger partial charge in [-0.2, -0.15) is 0 Å². The predicted octanol–water partition coefficient (Wildman–Crippen LogP) is 2.71. The minimum Gasteiger partial charge on any atom is -0.465 e. The van der Waals surface area contributed by atoms with E-state index in [1.54, 1.807) is 12.4 Å².